The van der Waals surface area contributed by atoms with Crippen molar-refractivity contribution in [2.24, 2.45) is 5.73 Å². The average Bonchev–Trinajstić information content (AvgIpc) is 3.15. The zero-order valence-corrected chi connectivity index (χ0v) is 12.1. The number of hydrogen-bond acceptors (Lipinski definition) is 5. The molecule has 0 unspecified atom stereocenters. The Balaban J connectivity index is 1.76. The number of rotatable bonds is 5. The maximum absolute atomic E-state index is 13.6. The molecule has 2 aromatic heterocycles. The molecule has 0 fully saturated rings. The standard InChI is InChI=1S/C15H11FN2O3S/c16-11-2-1-3-12(13(11)14(17)19)21-7-10-8-22-15(18-10)9-4-5-20-6-9/h1-6,8H,7H2,(H2,17,19). The summed E-state index contributed by atoms with van der Waals surface area (Å²) in [6.45, 7) is 0.109. The predicted molar refractivity (Wildman–Crippen MR) is 79.1 cm³/mol. The number of thiazole rings is 1. The maximum atomic E-state index is 13.6. The third-order valence-electron chi connectivity index (χ3n) is 2.92. The molecule has 1 aromatic carbocycles. The molecule has 2 N–H and O–H groups in total. The minimum atomic E-state index is -0.870. The van der Waals surface area contributed by atoms with Crippen LogP contribution < -0.4 is 10.5 Å². The van der Waals surface area contributed by atoms with E-state index in [9.17, 15) is 9.18 Å². The zero-order valence-electron chi connectivity index (χ0n) is 11.3. The van der Waals surface area contributed by atoms with Gasteiger partial charge in [0.05, 0.1) is 12.0 Å². The second-order valence-corrected chi connectivity index (χ2v) is 5.28. The number of aromatic nitrogens is 1. The molecule has 112 valence electrons. The lowest BCUT2D eigenvalue weighted by Gasteiger charge is -2.08. The van der Waals surface area contributed by atoms with E-state index in [-0.39, 0.29) is 17.9 Å². The first kappa shape index (κ1) is 14.3. The fourth-order valence-corrected chi connectivity index (χ4v) is 2.70. The van der Waals surface area contributed by atoms with Gasteiger partial charge in [-0.25, -0.2) is 9.37 Å². The summed E-state index contributed by atoms with van der Waals surface area (Å²) in [5, 5.41) is 2.62. The molecular weight excluding hydrogens is 307 g/mol. The van der Waals surface area contributed by atoms with E-state index in [1.807, 2.05) is 5.38 Å². The molecule has 0 saturated heterocycles. The molecule has 3 rings (SSSR count). The first-order chi connectivity index (χ1) is 10.6. The number of amides is 1. The molecule has 0 aliphatic carbocycles. The van der Waals surface area contributed by atoms with Gasteiger partial charge in [0.2, 0.25) is 0 Å². The Morgan fingerprint density at radius 3 is 3.00 bits per heavy atom. The average molecular weight is 318 g/mol. The summed E-state index contributed by atoms with van der Waals surface area (Å²) in [5.74, 6) is -1.47. The molecule has 0 radical (unpaired) electrons. The van der Waals surface area contributed by atoms with E-state index in [1.165, 1.54) is 23.5 Å². The van der Waals surface area contributed by atoms with E-state index >= 15 is 0 Å². The summed E-state index contributed by atoms with van der Waals surface area (Å²) in [4.78, 5) is 15.7. The first-order valence-electron chi connectivity index (χ1n) is 6.33. The van der Waals surface area contributed by atoms with Crippen molar-refractivity contribution in [1.82, 2.24) is 4.98 Å². The number of carbonyl (C=O) groups excluding carboxylic acids is 1. The highest BCUT2D eigenvalue weighted by molar-refractivity contribution is 7.13. The van der Waals surface area contributed by atoms with Crippen LogP contribution in [0.3, 0.4) is 0 Å². The van der Waals surface area contributed by atoms with Gasteiger partial charge in [0.15, 0.2) is 0 Å². The van der Waals surface area contributed by atoms with Gasteiger partial charge in [-0.05, 0) is 18.2 Å². The lowest BCUT2D eigenvalue weighted by Crippen LogP contribution is -2.15. The number of ether oxygens (including phenoxy) is 1. The topological polar surface area (TPSA) is 78.4 Å². The van der Waals surface area contributed by atoms with Crippen LogP contribution in [0.2, 0.25) is 0 Å². The van der Waals surface area contributed by atoms with Gasteiger partial charge in [-0.3, -0.25) is 4.79 Å². The number of primary amides is 1. The van der Waals surface area contributed by atoms with Crippen molar-refractivity contribution >= 4 is 17.2 Å². The lowest BCUT2D eigenvalue weighted by atomic mass is 10.2. The smallest absolute Gasteiger partial charge is 0.255 e. The van der Waals surface area contributed by atoms with Crippen LogP contribution >= 0.6 is 11.3 Å². The molecule has 0 saturated carbocycles. The molecule has 0 aliphatic heterocycles. The van der Waals surface area contributed by atoms with E-state index in [2.05, 4.69) is 4.98 Å². The third-order valence-corrected chi connectivity index (χ3v) is 3.86. The van der Waals surface area contributed by atoms with Crippen molar-refractivity contribution in [2.75, 3.05) is 0 Å². The maximum Gasteiger partial charge on any atom is 0.255 e. The summed E-state index contributed by atoms with van der Waals surface area (Å²) in [6.07, 6.45) is 3.17. The summed E-state index contributed by atoms with van der Waals surface area (Å²) in [6, 6.07) is 5.91. The van der Waals surface area contributed by atoms with E-state index in [0.717, 1.165) is 16.6 Å². The number of benzene rings is 1. The Labute approximate surface area is 129 Å². The Hall–Kier alpha value is -2.67. The molecule has 2 heterocycles. The number of halogens is 1. The highest BCUT2D eigenvalue weighted by Crippen LogP contribution is 2.26. The molecule has 0 spiro atoms. The van der Waals surface area contributed by atoms with Crippen molar-refractivity contribution in [3.8, 4) is 16.3 Å². The van der Waals surface area contributed by atoms with Crippen LogP contribution in [0.25, 0.3) is 10.6 Å². The van der Waals surface area contributed by atoms with Crippen LogP contribution in [-0.2, 0) is 6.61 Å². The van der Waals surface area contributed by atoms with Crippen LogP contribution in [0.15, 0.2) is 46.6 Å². The summed E-state index contributed by atoms with van der Waals surface area (Å²) >= 11 is 1.44. The van der Waals surface area contributed by atoms with Crippen molar-refractivity contribution in [1.29, 1.82) is 0 Å². The Kier molecular flexibility index (Phi) is 3.88. The van der Waals surface area contributed by atoms with Crippen molar-refractivity contribution < 1.29 is 18.3 Å². The first-order valence-corrected chi connectivity index (χ1v) is 7.21. The van der Waals surface area contributed by atoms with Gasteiger partial charge in [-0.1, -0.05) is 6.07 Å². The van der Waals surface area contributed by atoms with E-state index < -0.39 is 11.7 Å². The van der Waals surface area contributed by atoms with Crippen molar-refractivity contribution in [3.63, 3.8) is 0 Å². The number of furan rings is 1. The minimum Gasteiger partial charge on any atom is -0.486 e. The lowest BCUT2D eigenvalue weighted by molar-refractivity contribution is 0.0991. The van der Waals surface area contributed by atoms with E-state index in [4.69, 9.17) is 14.9 Å². The fraction of sp³-hybridized carbons (Fsp3) is 0.0667. The molecule has 22 heavy (non-hydrogen) atoms. The molecule has 0 aliphatic rings. The van der Waals surface area contributed by atoms with Gasteiger partial charge < -0.3 is 14.9 Å². The normalized spacial score (nSPS) is 10.6. The molecule has 3 aromatic rings. The predicted octanol–water partition coefficient (Wildman–Crippen LogP) is 3.22. The number of hydrogen-bond donors (Lipinski definition) is 1. The molecule has 5 nitrogen and oxygen atoms in total. The Morgan fingerprint density at radius 1 is 1.41 bits per heavy atom. The number of nitrogens with two attached hydrogens (primary N) is 1. The number of nitrogens with zero attached hydrogens (tertiary/aromatic N) is 1. The summed E-state index contributed by atoms with van der Waals surface area (Å²) in [7, 11) is 0. The highest BCUT2D eigenvalue weighted by Gasteiger charge is 2.15. The van der Waals surface area contributed by atoms with Gasteiger partial charge in [-0.2, -0.15) is 0 Å². The van der Waals surface area contributed by atoms with Crippen LogP contribution in [0.1, 0.15) is 16.1 Å². The Morgan fingerprint density at radius 2 is 2.27 bits per heavy atom. The third kappa shape index (κ3) is 2.84. The second kappa shape index (κ2) is 5.98. The minimum absolute atomic E-state index is 0.102. The summed E-state index contributed by atoms with van der Waals surface area (Å²) < 4.78 is 24.1. The van der Waals surface area contributed by atoms with Crippen LogP contribution in [-0.4, -0.2) is 10.9 Å². The summed E-state index contributed by atoms with van der Waals surface area (Å²) in [5.41, 5.74) is 6.46. The van der Waals surface area contributed by atoms with Crippen LogP contribution in [0.4, 0.5) is 4.39 Å². The molecule has 1 amide bonds. The fourth-order valence-electron chi connectivity index (χ4n) is 1.91. The molecule has 7 heteroatoms. The highest BCUT2D eigenvalue weighted by atomic mass is 32.1. The Bertz CT molecular complexity index is 799. The van der Waals surface area contributed by atoms with Gasteiger partial charge in [0, 0.05) is 10.9 Å². The van der Waals surface area contributed by atoms with Crippen molar-refractivity contribution in [3.05, 3.63) is 59.2 Å². The van der Waals surface area contributed by atoms with Gasteiger partial charge in [0.25, 0.3) is 5.91 Å². The van der Waals surface area contributed by atoms with Gasteiger partial charge in [0.1, 0.15) is 35.0 Å². The van der Waals surface area contributed by atoms with E-state index in [1.54, 1.807) is 18.6 Å². The van der Waals surface area contributed by atoms with Crippen molar-refractivity contribution in [2.45, 2.75) is 6.61 Å². The monoisotopic (exact) mass is 318 g/mol. The second-order valence-electron chi connectivity index (χ2n) is 4.42. The van der Waals surface area contributed by atoms with E-state index in [0.29, 0.717) is 5.69 Å². The van der Waals surface area contributed by atoms with Gasteiger partial charge in [-0.15, -0.1) is 11.3 Å². The van der Waals surface area contributed by atoms with Gasteiger partial charge >= 0.3 is 0 Å². The number of carbonyl (C=O) groups is 1. The quantitative estimate of drug-likeness (QED) is 0.783. The largest absolute Gasteiger partial charge is 0.486 e. The molecule has 0 bridgehead atoms. The zero-order chi connectivity index (χ0) is 15.5. The van der Waals surface area contributed by atoms with Crippen LogP contribution in [0, 0.1) is 5.82 Å². The molecule has 0 atom stereocenters. The SMILES string of the molecule is NC(=O)c1c(F)cccc1OCc1csc(-c2ccoc2)n1. The van der Waals surface area contributed by atoms with Crippen LogP contribution in [0.5, 0.6) is 5.75 Å². The molecular formula is C15H11FN2O3S.